The Kier molecular flexibility index (Phi) is 6.33. The van der Waals surface area contributed by atoms with E-state index in [-0.39, 0.29) is 6.85 Å². The van der Waals surface area contributed by atoms with Crippen LogP contribution >= 0.6 is 11.8 Å². The van der Waals surface area contributed by atoms with Gasteiger partial charge in [0.05, 0.1) is 21.2 Å². The topological polar surface area (TPSA) is 24.9 Å². The number of hydrogen-bond donors (Lipinski definition) is 0. The van der Waals surface area contributed by atoms with Crippen LogP contribution in [0.3, 0.4) is 0 Å². The quantitative estimate of drug-likeness (QED) is 0.170. The minimum atomic E-state index is -0.130. The molecule has 8 aromatic rings. The maximum absolute atomic E-state index is 6.70. The lowest BCUT2D eigenvalue weighted by Gasteiger charge is -2.47. The van der Waals surface area contributed by atoms with Crippen LogP contribution in [0.1, 0.15) is 0 Å². The summed E-state index contributed by atoms with van der Waals surface area (Å²) in [6, 6.07) is 63.0. The SMILES string of the molecule is c1ccc(-c2ccc(N3B4c5cccc6c5N(c5ccccc5O6)c5cc(-c6ccccc6)cc(c54)-c4cc5c(cc43)Sc3ccccc3O5)cc2)cc1. The Hall–Kier alpha value is -6.63. The average Bonchev–Trinajstić information content (AvgIpc) is 3.24. The minimum absolute atomic E-state index is 0.130. The molecule has 0 amide bonds. The van der Waals surface area contributed by atoms with Crippen molar-refractivity contribution in [3.05, 3.63) is 176 Å². The van der Waals surface area contributed by atoms with Crippen molar-refractivity contribution in [1.82, 2.24) is 0 Å². The molecule has 6 heteroatoms. The lowest BCUT2D eigenvalue weighted by molar-refractivity contribution is 0.455. The van der Waals surface area contributed by atoms with Gasteiger partial charge < -0.3 is 19.2 Å². The number of anilines is 5. The van der Waals surface area contributed by atoms with E-state index in [1.807, 2.05) is 12.1 Å². The molecule has 0 saturated carbocycles. The van der Waals surface area contributed by atoms with E-state index in [1.54, 1.807) is 11.8 Å². The lowest BCUT2D eigenvalue weighted by Crippen LogP contribution is -2.61. The molecule has 0 unspecified atom stereocenters. The summed E-state index contributed by atoms with van der Waals surface area (Å²) in [5.74, 6) is 3.48. The van der Waals surface area contributed by atoms with E-state index in [0.717, 1.165) is 72.4 Å². The minimum Gasteiger partial charge on any atom is -0.455 e. The molecule has 12 rings (SSSR count). The van der Waals surface area contributed by atoms with Crippen molar-refractivity contribution >= 4 is 58.0 Å². The Morgan fingerprint density at radius 2 is 1.09 bits per heavy atom. The van der Waals surface area contributed by atoms with E-state index in [2.05, 4.69) is 174 Å². The number of benzene rings is 8. The fourth-order valence-corrected chi connectivity index (χ4v) is 9.67. The Balaban J connectivity index is 1.17. The molecule has 0 spiro atoms. The smallest absolute Gasteiger partial charge is 0.333 e. The zero-order chi connectivity index (χ0) is 35.3. The molecule has 4 aliphatic heterocycles. The summed E-state index contributed by atoms with van der Waals surface area (Å²) in [6.07, 6.45) is 0. The van der Waals surface area contributed by atoms with Crippen molar-refractivity contribution in [2.24, 2.45) is 0 Å². The van der Waals surface area contributed by atoms with Crippen molar-refractivity contribution in [1.29, 1.82) is 0 Å². The van der Waals surface area contributed by atoms with Gasteiger partial charge in [0, 0.05) is 22.6 Å². The van der Waals surface area contributed by atoms with E-state index < -0.39 is 0 Å². The van der Waals surface area contributed by atoms with Gasteiger partial charge in [-0.05, 0) is 105 Å². The Morgan fingerprint density at radius 1 is 0.426 bits per heavy atom. The number of para-hydroxylation sites is 4. The molecule has 0 N–H and O–H groups in total. The Morgan fingerprint density at radius 3 is 1.91 bits per heavy atom. The fourth-order valence-electron chi connectivity index (χ4n) is 8.70. The largest absolute Gasteiger partial charge is 0.455 e. The van der Waals surface area contributed by atoms with Gasteiger partial charge in [0.15, 0.2) is 11.5 Å². The third kappa shape index (κ3) is 4.35. The van der Waals surface area contributed by atoms with Crippen LogP contribution in [0.5, 0.6) is 23.0 Å². The fraction of sp³-hybridized carbons (Fsp3) is 0. The highest BCUT2D eigenvalue weighted by atomic mass is 32.2. The maximum Gasteiger partial charge on any atom is 0.333 e. The summed E-state index contributed by atoms with van der Waals surface area (Å²) >= 11 is 1.77. The molecule has 54 heavy (non-hydrogen) atoms. The molecule has 8 aromatic carbocycles. The van der Waals surface area contributed by atoms with Crippen LogP contribution in [-0.2, 0) is 0 Å². The molecule has 4 heterocycles. The van der Waals surface area contributed by atoms with Crippen molar-refractivity contribution < 1.29 is 9.47 Å². The molecule has 0 fully saturated rings. The van der Waals surface area contributed by atoms with Crippen molar-refractivity contribution in [2.75, 3.05) is 9.71 Å². The normalized spacial score (nSPS) is 13.7. The third-order valence-corrected chi connectivity index (χ3v) is 12.2. The van der Waals surface area contributed by atoms with Gasteiger partial charge >= 0.3 is 6.85 Å². The first kappa shape index (κ1) is 29.9. The van der Waals surface area contributed by atoms with Gasteiger partial charge in [-0.25, -0.2) is 0 Å². The van der Waals surface area contributed by atoms with Crippen molar-refractivity contribution in [2.45, 2.75) is 9.79 Å². The highest BCUT2D eigenvalue weighted by Crippen LogP contribution is 2.57. The van der Waals surface area contributed by atoms with Gasteiger partial charge in [-0.1, -0.05) is 121 Å². The first-order valence-electron chi connectivity index (χ1n) is 18.3. The van der Waals surface area contributed by atoms with Crippen LogP contribution in [0, 0.1) is 0 Å². The molecule has 0 atom stereocenters. The van der Waals surface area contributed by atoms with E-state index in [9.17, 15) is 0 Å². The molecule has 0 saturated heterocycles. The Labute approximate surface area is 318 Å². The lowest BCUT2D eigenvalue weighted by atomic mass is 9.43. The summed E-state index contributed by atoms with van der Waals surface area (Å²) < 4.78 is 13.4. The number of nitrogens with zero attached hydrogens (tertiary/aromatic N) is 2. The summed E-state index contributed by atoms with van der Waals surface area (Å²) in [6.45, 7) is -0.130. The second-order valence-electron chi connectivity index (χ2n) is 14.1. The summed E-state index contributed by atoms with van der Waals surface area (Å²) in [4.78, 5) is 7.21. The molecular weight excluding hydrogens is 679 g/mol. The predicted molar refractivity (Wildman–Crippen MR) is 222 cm³/mol. The highest BCUT2D eigenvalue weighted by molar-refractivity contribution is 7.99. The molecule has 4 nitrogen and oxygen atoms in total. The Bertz CT molecular complexity index is 2830. The van der Waals surface area contributed by atoms with Gasteiger partial charge in [0.25, 0.3) is 0 Å². The van der Waals surface area contributed by atoms with Crippen molar-refractivity contribution in [3.8, 4) is 56.4 Å². The molecule has 0 aliphatic carbocycles. The molecule has 0 radical (unpaired) electrons. The highest BCUT2D eigenvalue weighted by Gasteiger charge is 2.48. The van der Waals surface area contributed by atoms with Crippen LogP contribution in [0.2, 0.25) is 0 Å². The standard InChI is InChI=1S/C48H29BN2O2S/c1-3-12-30(13-4-1)32-22-24-34(25-23-32)51-39-29-46-44(53-42-19-9-10-21-45(42)54-46)28-35(39)36-26-33(31-14-5-2-6-15-31)27-40-47(36)49(51)37-16-11-20-43-48(37)50(40)38-17-7-8-18-41(38)52-43/h1-29H. The van der Waals surface area contributed by atoms with E-state index in [4.69, 9.17) is 9.47 Å². The van der Waals surface area contributed by atoms with Gasteiger partial charge in [0.1, 0.15) is 11.5 Å². The van der Waals surface area contributed by atoms with Crippen LogP contribution in [-0.4, -0.2) is 6.85 Å². The average molecular weight is 709 g/mol. The third-order valence-electron chi connectivity index (χ3n) is 11.1. The predicted octanol–water partition coefficient (Wildman–Crippen LogP) is 12.1. The zero-order valence-electron chi connectivity index (χ0n) is 28.9. The zero-order valence-corrected chi connectivity index (χ0v) is 29.8. The van der Waals surface area contributed by atoms with E-state index in [0.29, 0.717) is 0 Å². The molecule has 0 bridgehead atoms. The first-order chi connectivity index (χ1) is 26.8. The summed E-state index contributed by atoms with van der Waals surface area (Å²) in [5.41, 5.74) is 15.1. The second kappa shape index (κ2) is 11.4. The second-order valence-corrected chi connectivity index (χ2v) is 15.2. The molecule has 4 aliphatic rings. The van der Waals surface area contributed by atoms with Gasteiger partial charge in [-0.2, -0.15) is 0 Å². The summed E-state index contributed by atoms with van der Waals surface area (Å²) in [5, 5.41) is 0. The number of fused-ring (bicyclic) bond motifs is 8. The summed E-state index contributed by atoms with van der Waals surface area (Å²) in [7, 11) is 0. The van der Waals surface area contributed by atoms with Crippen LogP contribution in [0.15, 0.2) is 186 Å². The van der Waals surface area contributed by atoms with Gasteiger partial charge in [-0.15, -0.1) is 0 Å². The monoisotopic (exact) mass is 708 g/mol. The van der Waals surface area contributed by atoms with E-state index >= 15 is 0 Å². The molecule has 252 valence electrons. The van der Waals surface area contributed by atoms with Crippen LogP contribution < -0.4 is 30.1 Å². The van der Waals surface area contributed by atoms with Gasteiger partial charge in [0.2, 0.25) is 0 Å². The number of ether oxygens (including phenoxy) is 2. The number of rotatable bonds is 3. The molecular formula is C48H29BN2O2S. The van der Waals surface area contributed by atoms with Crippen LogP contribution in [0.25, 0.3) is 33.4 Å². The first-order valence-corrected chi connectivity index (χ1v) is 19.1. The van der Waals surface area contributed by atoms with Crippen LogP contribution in [0.4, 0.5) is 28.4 Å². The van der Waals surface area contributed by atoms with Crippen molar-refractivity contribution in [3.63, 3.8) is 0 Å². The van der Waals surface area contributed by atoms with Gasteiger partial charge in [-0.3, -0.25) is 0 Å². The number of hydrogen-bond acceptors (Lipinski definition) is 5. The van der Waals surface area contributed by atoms with E-state index in [1.165, 1.54) is 33.2 Å². The maximum atomic E-state index is 6.70. The molecule has 0 aromatic heterocycles.